The molecule has 1 aromatic rings. The van der Waals surface area contributed by atoms with E-state index in [-0.39, 0.29) is 16.6 Å². The maximum Gasteiger partial charge on any atom is 0.256 e. The zero-order chi connectivity index (χ0) is 14.6. The van der Waals surface area contributed by atoms with Crippen LogP contribution in [0.25, 0.3) is 0 Å². The lowest BCUT2D eigenvalue weighted by molar-refractivity contribution is 0.0947. The van der Waals surface area contributed by atoms with Gasteiger partial charge in [0.05, 0.1) is 5.56 Å². The Balaban J connectivity index is 2.86. The van der Waals surface area contributed by atoms with Crippen LogP contribution in [0.2, 0.25) is 0 Å². The molecule has 106 valence electrons. The Morgan fingerprint density at radius 2 is 1.89 bits per heavy atom. The second-order valence-corrected chi connectivity index (χ2v) is 8.15. The number of phenolic OH excluding ortho intramolecular Hbond substituents is 1. The molecule has 0 spiro atoms. The topological polar surface area (TPSA) is 49.3 Å². The molecule has 1 aromatic carbocycles. The number of alkyl halides is 3. The molecule has 0 aliphatic carbocycles. The van der Waals surface area contributed by atoms with Gasteiger partial charge in [-0.05, 0) is 12.1 Å². The first-order valence-electron chi connectivity index (χ1n) is 5.53. The maximum absolute atomic E-state index is 12.0. The number of benzene rings is 1. The second kappa shape index (κ2) is 6.93. The Bertz CT molecular complexity index is 449. The van der Waals surface area contributed by atoms with E-state index < -0.39 is 15.1 Å². The van der Waals surface area contributed by atoms with Gasteiger partial charge >= 0.3 is 0 Å². The third-order valence-corrected chi connectivity index (χ3v) is 4.45. The minimum Gasteiger partial charge on any atom is -0.507 e. The lowest BCUT2D eigenvalue weighted by atomic mass is 10.2. The van der Waals surface area contributed by atoms with Crippen LogP contribution in [0.4, 0.5) is 0 Å². The van der Waals surface area contributed by atoms with Crippen LogP contribution in [0.15, 0.2) is 24.3 Å². The lowest BCUT2D eigenvalue weighted by Crippen LogP contribution is -2.42. The fraction of sp³-hybridized carbons (Fsp3) is 0.417. The molecule has 0 saturated carbocycles. The van der Waals surface area contributed by atoms with Crippen molar-refractivity contribution in [3.05, 3.63) is 29.8 Å². The van der Waals surface area contributed by atoms with E-state index in [9.17, 15) is 9.90 Å². The molecule has 7 heteroatoms. The van der Waals surface area contributed by atoms with Crippen molar-refractivity contribution < 1.29 is 9.90 Å². The van der Waals surface area contributed by atoms with E-state index >= 15 is 0 Å². The van der Waals surface area contributed by atoms with Crippen molar-refractivity contribution in [1.29, 1.82) is 0 Å². The zero-order valence-corrected chi connectivity index (χ0v) is 13.4. The number of carbonyl (C=O) groups excluding carboxylic acids is 1. The van der Waals surface area contributed by atoms with Crippen molar-refractivity contribution in [2.24, 2.45) is 0 Å². The smallest absolute Gasteiger partial charge is 0.256 e. The highest BCUT2D eigenvalue weighted by molar-refractivity contribution is 8.00. The number of phenols is 1. The summed E-state index contributed by atoms with van der Waals surface area (Å²) < 4.78 is -1.63. The molecule has 0 heterocycles. The van der Waals surface area contributed by atoms with Crippen LogP contribution < -0.4 is 5.32 Å². The first-order chi connectivity index (χ1) is 8.71. The molecule has 1 amide bonds. The summed E-state index contributed by atoms with van der Waals surface area (Å²) in [7, 11) is 0. The SMILES string of the molecule is CC(C)SC(NC(=O)c1ccccc1O)C(Cl)(Cl)Cl. The first kappa shape index (κ1) is 16.8. The van der Waals surface area contributed by atoms with Crippen molar-refractivity contribution in [3.63, 3.8) is 0 Å². The number of hydrogen-bond donors (Lipinski definition) is 2. The summed E-state index contributed by atoms with van der Waals surface area (Å²) in [6, 6.07) is 6.20. The van der Waals surface area contributed by atoms with Crippen molar-refractivity contribution in [1.82, 2.24) is 5.32 Å². The Kier molecular flexibility index (Phi) is 6.12. The Labute approximate surface area is 131 Å². The van der Waals surface area contributed by atoms with Gasteiger partial charge in [-0.15, -0.1) is 11.8 Å². The molecule has 3 nitrogen and oxygen atoms in total. The van der Waals surface area contributed by atoms with Crippen LogP contribution in [-0.2, 0) is 0 Å². The highest BCUT2D eigenvalue weighted by Crippen LogP contribution is 2.38. The summed E-state index contributed by atoms with van der Waals surface area (Å²) in [5.41, 5.74) is 0.145. The molecule has 0 fully saturated rings. The standard InChI is InChI=1S/C12H14Cl3NO2S/c1-7(2)19-11(12(13,14)15)16-10(18)8-5-3-4-6-9(8)17/h3-7,11,17H,1-2H3,(H,16,18). The molecule has 1 unspecified atom stereocenters. The predicted molar refractivity (Wildman–Crippen MR) is 82.4 cm³/mol. The molecule has 0 aromatic heterocycles. The van der Waals surface area contributed by atoms with Crippen LogP contribution in [0.1, 0.15) is 24.2 Å². The molecule has 19 heavy (non-hydrogen) atoms. The quantitative estimate of drug-likeness (QED) is 0.643. The molecule has 0 radical (unpaired) electrons. The summed E-state index contributed by atoms with van der Waals surface area (Å²) in [5.74, 6) is -0.597. The molecule has 0 aliphatic heterocycles. The molecule has 0 bridgehead atoms. The summed E-state index contributed by atoms with van der Waals surface area (Å²) in [4.78, 5) is 12.0. The number of hydrogen-bond acceptors (Lipinski definition) is 3. The number of aromatic hydroxyl groups is 1. The Morgan fingerprint density at radius 3 is 2.37 bits per heavy atom. The Morgan fingerprint density at radius 1 is 1.32 bits per heavy atom. The van der Waals surface area contributed by atoms with Crippen LogP contribution >= 0.6 is 46.6 Å². The zero-order valence-electron chi connectivity index (χ0n) is 10.4. The summed E-state index contributed by atoms with van der Waals surface area (Å²) in [5, 5.41) is 11.7. The van der Waals surface area contributed by atoms with Gasteiger partial charge in [0, 0.05) is 5.25 Å². The van der Waals surface area contributed by atoms with Crippen molar-refractivity contribution in [2.45, 2.75) is 28.3 Å². The number of rotatable bonds is 4. The molecule has 0 aliphatic rings. The normalized spacial score (nSPS) is 13.4. The molecular formula is C12H14Cl3NO2S. The second-order valence-electron chi connectivity index (χ2n) is 4.10. The molecule has 1 atom stereocenters. The van der Waals surface area contributed by atoms with E-state index in [0.29, 0.717) is 0 Å². The van der Waals surface area contributed by atoms with Gasteiger partial charge < -0.3 is 10.4 Å². The van der Waals surface area contributed by atoms with Crippen LogP contribution in [-0.4, -0.2) is 25.4 Å². The summed E-state index contributed by atoms with van der Waals surface area (Å²) >= 11 is 18.9. The van der Waals surface area contributed by atoms with Gasteiger partial charge in [0.1, 0.15) is 11.1 Å². The van der Waals surface area contributed by atoms with E-state index in [1.165, 1.54) is 23.9 Å². The average molecular weight is 343 g/mol. The number of thioether (sulfide) groups is 1. The van der Waals surface area contributed by atoms with Crippen molar-refractivity contribution in [2.75, 3.05) is 0 Å². The molecule has 2 N–H and O–H groups in total. The first-order valence-corrected chi connectivity index (χ1v) is 7.60. The van der Waals surface area contributed by atoms with E-state index in [0.717, 1.165) is 0 Å². The van der Waals surface area contributed by atoms with Crippen LogP contribution in [0, 0.1) is 0 Å². The number of nitrogens with one attached hydrogen (secondary N) is 1. The van der Waals surface area contributed by atoms with Gasteiger partial charge in [0.2, 0.25) is 3.79 Å². The third-order valence-electron chi connectivity index (χ3n) is 2.12. The summed E-state index contributed by atoms with van der Waals surface area (Å²) in [6.45, 7) is 3.86. The van der Waals surface area contributed by atoms with E-state index in [4.69, 9.17) is 34.8 Å². The van der Waals surface area contributed by atoms with Gasteiger partial charge in [-0.2, -0.15) is 0 Å². The number of para-hydroxylation sites is 1. The molecule has 1 rings (SSSR count). The fourth-order valence-corrected chi connectivity index (χ4v) is 2.83. The average Bonchev–Trinajstić information content (AvgIpc) is 2.26. The largest absolute Gasteiger partial charge is 0.507 e. The van der Waals surface area contributed by atoms with Crippen molar-refractivity contribution in [3.8, 4) is 5.75 Å². The van der Waals surface area contributed by atoms with E-state index in [2.05, 4.69) is 5.32 Å². The van der Waals surface area contributed by atoms with E-state index in [1.54, 1.807) is 12.1 Å². The van der Waals surface area contributed by atoms with E-state index in [1.807, 2.05) is 13.8 Å². The fourth-order valence-electron chi connectivity index (χ4n) is 1.33. The van der Waals surface area contributed by atoms with Crippen LogP contribution in [0.3, 0.4) is 0 Å². The van der Waals surface area contributed by atoms with Gasteiger partial charge in [-0.3, -0.25) is 4.79 Å². The molecule has 0 saturated heterocycles. The minimum atomic E-state index is -1.63. The van der Waals surface area contributed by atoms with Crippen molar-refractivity contribution >= 4 is 52.5 Å². The van der Waals surface area contributed by atoms with Gasteiger partial charge in [0.15, 0.2) is 0 Å². The number of amides is 1. The summed E-state index contributed by atoms with van der Waals surface area (Å²) in [6.07, 6.45) is 0. The highest BCUT2D eigenvalue weighted by atomic mass is 35.6. The number of carbonyl (C=O) groups is 1. The highest BCUT2D eigenvalue weighted by Gasteiger charge is 2.35. The molecular weight excluding hydrogens is 329 g/mol. The maximum atomic E-state index is 12.0. The van der Waals surface area contributed by atoms with Crippen LogP contribution in [0.5, 0.6) is 5.75 Å². The number of halogens is 3. The van der Waals surface area contributed by atoms with Gasteiger partial charge in [0.25, 0.3) is 5.91 Å². The Hall–Kier alpha value is -0.290. The van der Waals surface area contributed by atoms with Gasteiger partial charge in [-0.1, -0.05) is 60.8 Å². The third kappa shape index (κ3) is 5.30. The minimum absolute atomic E-state index is 0.113. The lowest BCUT2D eigenvalue weighted by Gasteiger charge is -2.26. The van der Waals surface area contributed by atoms with Gasteiger partial charge in [-0.25, -0.2) is 0 Å². The predicted octanol–water partition coefficient (Wildman–Crippen LogP) is 3.96. The monoisotopic (exact) mass is 341 g/mol.